The van der Waals surface area contributed by atoms with E-state index in [-0.39, 0.29) is 16.3 Å². The van der Waals surface area contributed by atoms with E-state index < -0.39 is 38.0 Å². The third-order valence-electron chi connectivity index (χ3n) is 6.50. The lowest BCUT2D eigenvalue weighted by atomic mass is 10.0. The average molecular weight is 547 g/mol. The lowest BCUT2D eigenvalue weighted by molar-refractivity contribution is 0.358. The molecule has 10 heteroatoms. The minimum absolute atomic E-state index is 0.242. The number of pyridine rings is 1. The van der Waals surface area contributed by atoms with Crippen molar-refractivity contribution in [3.05, 3.63) is 100 Å². The van der Waals surface area contributed by atoms with E-state index in [1.807, 2.05) is 13.8 Å². The van der Waals surface area contributed by atoms with E-state index in [1.54, 1.807) is 24.3 Å². The molecule has 1 N–H and O–H groups in total. The first-order valence-corrected chi connectivity index (χ1v) is 14.0. The maximum atomic E-state index is 14.2. The smallest absolute Gasteiger partial charge is 0.296 e. The molecular weight excluding hydrogens is 519 g/mol. The number of benzene rings is 2. The number of unbranched alkanes of at least 4 members (excludes halogenated alkanes) is 1. The zero-order valence-electron chi connectivity index (χ0n) is 21.5. The van der Waals surface area contributed by atoms with Gasteiger partial charge < -0.3 is 5.11 Å². The van der Waals surface area contributed by atoms with Gasteiger partial charge in [-0.25, -0.2) is 12.8 Å². The number of aromatic nitrogens is 3. The van der Waals surface area contributed by atoms with Crippen LogP contribution in [0.2, 0.25) is 0 Å². The number of sulfone groups is 1. The van der Waals surface area contributed by atoms with Crippen molar-refractivity contribution in [1.29, 1.82) is 5.26 Å². The fraction of sp³-hybridized carbons (Fsp3) is 0.241. The second-order valence-electron chi connectivity index (χ2n) is 9.00. The summed E-state index contributed by atoms with van der Waals surface area (Å²) >= 11 is 0. The lowest BCUT2D eigenvalue weighted by Gasteiger charge is -2.25. The number of hydrogen-bond acceptors (Lipinski definition) is 7. The molecule has 4 rings (SSSR count). The SMILES string of the molecule is CCCCc1nc(=O)c(S(=O)(=O)c2ccc(-c3ccncc3F)cc2)c(O)n1C(CC)c1cccc(C#N)c1. The summed E-state index contributed by atoms with van der Waals surface area (Å²) < 4.78 is 42.9. The van der Waals surface area contributed by atoms with Crippen molar-refractivity contribution in [2.45, 2.75) is 55.4 Å². The maximum absolute atomic E-state index is 14.2. The molecule has 0 spiro atoms. The Hall–Kier alpha value is -4.36. The fourth-order valence-electron chi connectivity index (χ4n) is 4.55. The van der Waals surface area contributed by atoms with Crippen molar-refractivity contribution in [2.24, 2.45) is 0 Å². The van der Waals surface area contributed by atoms with E-state index in [4.69, 9.17) is 0 Å². The third-order valence-corrected chi connectivity index (χ3v) is 8.29. The second kappa shape index (κ2) is 11.6. The summed E-state index contributed by atoms with van der Waals surface area (Å²) in [7, 11) is -4.51. The molecule has 2 heterocycles. The number of nitriles is 1. The normalized spacial score (nSPS) is 12.2. The van der Waals surface area contributed by atoms with E-state index in [2.05, 4.69) is 16.0 Å². The first kappa shape index (κ1) is 27.7. The monoisotopic (exact) mass is 546 g/mol. The fourth-order valence-corrected chi connectivity index (χ4v) is 5.89. The summed E-state index contributed by atoms with van der Waals surface area (Å²) in [6, 6.07) is 15.1. The molecule has 8 nitrogen and oxygen atoms in total. The van der Waals surface area contributed by atoms with Gasteiger partial charge in [-0.2, -0.15) is 10.2 Å². The molecule has 0 amide bonds. The molecule has 200 valence electrons. The van der Waals surface area contributed by atoms with Crippen LogP contribution >= 0.6 is 0 Å². The molecule has 1 unspecified atom stereocenters. The summed E-state index contributed by atoms with van der Waals surface area (Å²) in [5.74, 6) is -1.01. The highest BCUT2D eigenvalue weighted by Gasteiger charge is 2.32. The molecule has 2 aromatic carbocycles. The van der Waals surface area contributed by atoms with Crippen LogP contribution in [0.15, 0.2) is 81.6 Å². The highest BCUT2D eigenvalue weighted by Crippen LogP contribution is 2.34. The average Bonchev–Trinajstić information content (AvgIpc) is 2.94. The summed E-state index contributed by atoms with van der Waals surface area (Å²) in [4.78, 5) is 19.9. The first-order valence-electron chi connectivity index (χ1n) is 12.5. The summed E-state index contributed by atoms with van der Waals surface area (Å²) in [6.07, 6.45) is 4.72. The van der Waals surface area contributed by atoms with Gasteiger partial charge >= 0.3 is 0 Å². The maximum Gasteiger partial charge on any atom is 0.296 e. The Morgan fingerprint density at radius 3 is 2.51 bits per heavy atom. The predicted octanol–water partition coefficient (Wildman–Crippen LogP) is 5.20. The van der Waals surface area contributed by atoms with Crippen molar-refractivity contribution in [1.82, 2.24) is 14.5 Å². The van der Waals surface area contributed by atoms with Gasteiger partial charge in [-0.15, -0.1) is 0 Å². The quantitative estimate of drug-likeness (QED) is 0.306. The van der Waals surface area contributed by atoms with Crippen LogP contribution in [-0.2, 0) is 16.3 Å². The summed E-state index contributed by atoms with van der Waals surface area (Å²) in [6.45, 7) is 3.83. The van der Waals surface area contributed by atoms with Crippen LogP contribution in [-0.4, -0.2) is 28.1 Å². The Morgan fingerprint density at radius 1 is 1.13 bits per heavy atom. The van der Waals surface area contributed by atoms with Crippen LogP contribution in [0.4, 0.5) is 4.39 Å². The summed E-state index contributed by atoms with van der Waals surface area (Å²) in [5.41, 5.74) is 0.688. The van der Waals surface area contributed by atoms with Gasteiger partial charge in [-0.3, -0.25) is 14.3 Å². The van der Waals surface area contributed by atoms with Crippen LogP contribution in [0, 0.1) is 17.1 Å². The number of halogens is 1. The number of aryl methyl sites for hydroxylation is 1. The molecule has 0 fully saturated rings. The number of rotatable bonds is 9. The molecule has 0 aliphatic heterocycles. The van der Waals surface area contributed by atoms with Crippen molar-refractivity contribution in [2.75, 3.05) is 0 Å². The van der Waals surface area contributed by atoms with Gasteiger partial charge in [0.15, 0.2) is 4.90 Å². The zero-order valence-corrected chi connectivity index (χ0v) is 22.3. The Balaban J connectivity index is 1.88. The Labute approximate surface area is 226 Å². The van der Waals surface area contributed by atoms with Crippen LogP contribution in [0.1, 0.15) is 56.1 Å². The number of nitrogens with zero attached hydrogens (tertiary/aromatic N) is 4. The molecule has 0 radical (unpaired) electrons. The number of hydrogen-bond donors (Lipinski definition) is 1. The van der Waals surface area contributed by atoms with Crippen molar-refractivity contribution in [3.8, 4) is 23.1 Å². The molecule has 4 aromatic rings. The van der Waals surface area contributed by atoms with Crippen LogP contribution in [0.25, 0.3) is 11.1 Å². The largest absolute Gasteiger partial charge is 0.493 e. The zero-order chi connectivity index (χ0) is 28.2. The van der Waals surface area contributed by atoms with Crippen LogP contribution in [0.5, 0.6) is 5.88 Å². The molecule has 0 saturated carbocycles. The first-order chi connectivity index (χ1) is 18.7. The van der Waals surface area contributed by atoms with E-state index in [0.29, 0.717) is 36.0 Å². The highest BCUT2D eigenvalue weighted by atomic mass is 32.2. The van der Waals surface area contributed by atoms with Crippen molar-refractivity contribution < 1.29 is 17.9 Å². The van der Waals surface area contributed by atoms with Gasteiger partial charge in [0.2, 0.25) is 15.7 Å². The van der Waals surface area contributed by atoms with Gasteiger partial charge in [0.25, 0.3) is 5.56 Å². The van der Waals surface area contributed by atoms with Gasteiger partial charge in [-0.1, -0.05) is 44.5 Å². The van der Waals surface area contributed by atoms with E-state index >= 15 is 0 Å². The van der Waals surface area contributed by atoms with Gasteiger partial charge in [0.1, 0.15) is 11.6 Å². The minimum Gasteiger partial charge on any atom is -0.493 e. The molecule has 0 aliphatic rings. The number of aromatic hydroxyl groups is 1. The Kier molecular flexibility index (Phi) is 8.21. The lowest BCUT2D eigenvalue weighted by Crippen LogP contribution is -2.27. The molecular formula is C29H27FN4O4S. The molecule has 39 heavy (non-hydrogen) atoms. The molecule has 0 saturated heterocycles. The highest BCUT2D eigenvalue weighted by molar-refractivity contribution is 7.91. The van der Waals surface area contributed by atoms with Gasteiger partial charge in [0, 0.05) is 18.2 Å². The summed E-state index contributed by atoms with van der Waals surface area (Å²) in [5, 5.41) is 20.8. The molecule has 1 atom stereocenters. The molecule has 0 aliphatic carbocycles. The third kappa shape index (κ3) is 5.45. The van der Waals surface area contributed by atoms with Crippen LogP contribution < -0.4 is 5.56 Å². The molecule has 2 aromatic heterocycles. The predicted molar refractivity (Wildman–Crippen MR) is 143 cm³/mol. The van der Waals surface area contributed by atoms with Gasteiger partial charge in [0.05, 0.1) is 28.8 Å². The second-order valence-corrected chi connectivity index (χ2v) is 10.9. The molecule has 0 bridgehead atoms. The van der Waals surface area contributed by atoms with Crippen molar-refractivity contribution >= 4 is 9.84 Å². The minimum atomic E-state index is -4.51. The standard InChI is InChI=1S/C29H27FN4O4S/c1-3-5-9-26-33-28(35)27(29(36)34(26)25(4-2)21-8-6-7-19(16-21)17-31)39(37,38)22-12-10-20(11-13-22)23-14-15-32-18-24(23)30/h6-8,10-16,18,25,36H,3-5,9H2,1-2H3. The van der Waals surface area contributed by atoms with Crippen LogP contribution in [0.3, 0.4) is 0 Å². The van der Waals surface area contributed by atoms with Crippen molar-refractivity contribution in [3.63, 3.8) is 0 Å². The topological polar surface area (TPSA) is 126 Å². The van der Waals surface area contributed by atoms with E-state index in [0.717, 1.165) is 12.6 Å². The Morgan fingerprint density at radius 2 is 1.87 bits per heavy atom. The Bertz CT molecular complexity index is 1710. The van der Waals surface area contributed by atoms with E-state index in [1.165, 1.54) is 41.1 Å². The van der Waals surface area contributed by atoms with E-state index in [9.17, 15) is 28.0 Å². The van der Waals surface area contributed by atoms with Gasteiger partial charge in [-0.05, 0) is 54.3 Å².